The van der Waals surface area contributed by atoms with E-state index in [4.69, 9.17) is 0 Å². The molecule has 0 aromatic heterocycles. The molecule has 0 aliphatic heterocycles. The molecular weight excluding hydrogens is 536 g/mol. The maximum Gasteiger partial charge on any atom is 0.243 e. The molecule has 3 aromatic rings. The van der Waals surface area contributed by atoms with Gasteiger partial charge in [0.05, 0.1) is 11.9 Å². The van der Waals surface area contributed by atoms with Gasteiger partial charge in [0.2, 0.25) is 21.8 Å². The Balaban J connectivity index is 1.87. The first-order chi connectivity index (χ1) is 19.0. The van der Waals surface area contributed by atoms with Crippen molar-refractivity contribution in [3.63, 3.8) is 0 Å². The number of amides is 2. The largest absolute Gasteiger partial charge is 0.355 e. The van der Waals surface area contributed by atoms with Crippen molar-refractivity contribution in [1.82, 2.24) is 10.2 Å². The lowest BCUT2D eigenvalue weighted by atomic mass is 10.0. The standard InChI is InChI=1S/C30H35F2N3O4S/c1-4-33-30(37)28(19-23-12-6-5-7-13-23)34(21-24-14-9-8-11-22(24)2)29(36)15-10-18-35(40(3,38)39)25-16-17-26(31)27(32)20-25/h5-9,11-14,16-17,20,28H,4,10,15,18-19,21H2,1-3H3,(H,33,37)/t28-/m0/s1. The van der Waals surface area contributed by atoms with Gasteiger partial charge in [-0.05, 0) is 49.1 Å². The van der Waals surface area contributed by atoms with E-state index in [1.165, 1.54) is 6.07 Å². The van der Waals surface area contributed by atoms with Crippen molar-refractivity contribution < 1.29 is 26.8 Å². The van der Waals surface area contributed by atoms with Gasteiger partial charge >= 0.3 is 0 Å². The summed E-state index contributed by atoms with van der Waals surface area (Å²) in [6.45, 7) is 4.21. The molecule has 0 fully saturated rings. The second-order valence-corrected chi connectivity index (χ2v) is 11.5. The number of benzene rings is 3. The van der Waals surface area contributed by atoms with Crippen LogP contribution in [0.4, 0.5) is 14.5 Å². The number of halogens is 2. The minimum absolute atomic E-state index is 0.0325. The normalized spacial score (nSPS) is 12.0. The van der Waals surface area contributed by atoms with Gasteiger partial charge in [-0.3, -0.25) is 13.9 Å². The number of hydrogen-bond donors (Lipinski definition) is 1. The monoisotopic (exact) mass is 571 g/mol. The Morgan fingerprint density at radius 1 is 0.950 bits per heavy atom. The SMILES string of the molecule is CCNC(=O)[C@H](Cc1ccccc1)N(Cc1ccccc1C)C(=O)CCCN(c1ccc(F)c(F)c1)S(C)(=O)=O. The molecule has 0 radical (unpaired) electrons. The van der Waals surface area contributed by atoms with Gasteiger partial charge in [0, 0.05) is 38.5 Å². The number of hydrogen-bond acceptors (Lipinski definition) is 4. The first kappa shape index (κ1) is 30.7. The molecule has 0 aliphatic rings. The van der Waals surface area contributed by atoms with Crippen molar-refractivity contribution in [2.75, 3.05) is 23.7 Å². The molecule has 0 saturated heterocycles. The smallest absolute Gasteiger partial charge is 0.243 e. The predicted octanol–water partition coefficient (Wildman–Crippen LogP) is 4.60. The molecule has 214 valence electrons. The third-order valence-corrected chi connectivity index (χ3v) is 7.76. The quantitative estimate of drug-likeness (QED) is 0.325. The lowest BCUT2D eigenvalue weighted by Gasteiger charge is -2.32. The zero-order valence-electron chi connectivity index (χ0n) is 22.9. The molecule has 1 atom stereocenters. The Morgan fingerprint density at radius 3 is 2.25 bits per heavy atom. The maximum absolute atomic E-state index is 13.8. The van der Waals surface area contributed by atoms with Crippen molar-refractivity contribution >= 4 is 27.5 Å². The second kappa shape index (κ2) is 14.0. The van der Waals surface area contributed by atoms with Crippen LogP contribution in [-0.2, 0) is 32.6 Å². The summed E-state index contributed by atoms with van der Waals surface area (Å²) in [5, 5.41) is 2.84. The van der Waals surface area contributed by atoms with E-state index in [1.54, 1.807) is 4.90 Å². The molecule has 40 heavy (non-hydrogen) atoms. The number of sulfonamides is 1. The van der Waals surface area contributed by atoms with E-state index < -0.39 is 27.7 Å². The highest BCUT2D eigenvalue weighted by atomic mass is 32.2. The Labute approximate surface area is 234 Å². The zero-order valence-corrected chi connectivity index (χ0v) is 23.8. The van der Waals surface area contributed by atoms with Crippen molar-refractivity contribution in [3.05, 3.63) is 101 Å². The van der Waals surface area contributed by atoms with Gasteiger partial charge in [0.15, 0.2) is 11.6 Å². The van der Waals surface area contributed by atoms with Gasteiger partial charge in [-0.2, -0.15) is 0 Å². The molecular formula is C30H35F2N3O4S. The summed E-state index contributed by atoms with van der Waals surface area (Å²) >= 11 is 0. The minimum Gasteiger partial charge on any atom is -0.355 e. The molecule has 0 aliphatic carbocycles. The van der Waals surface area contributed by atoms with Gasteiger partial charge in [-0.1, -0.05) is 54.6 Å². The summed E-state index contributed by atoms with van der Waals surface area (Å²) in [6.07, 6.45) is 1.30. The average Bonchev–Trinajstić information content (AvgIpc) is 2.91. The molecule has 0 heterocycles. The third kappa shape index (κ3) is 8.35. The Hall–Kier alpha value is -3.79. The number of likely N-dealkylation sites (N-methyl/N-ethyl adjacent to an activating group) is 1. The summed E-state index contributed by atoms with van der Waals surface area (Å²) in [5.41, 5.74) is 2.71. The number of rotatable bonds is 13. The summed E-state index contributed by atoms with van der Waals surface area (Å²) < 4.78 is 53.1. The predicted molar refractivity (Wildman–Crippen MR) is 152 cm³/mol. The second-order valence-electron chi connectivity index (χ2n) is 9.59. The fraction of sp³-hybridized carbons (Fsp3) is 0.333. The number of aryl methyl sites for hydroxylation is 1. The van der Waals surface area contributed by atoms with Crippen LogP contribution in [0.25, 0.3) is 0 Å². The molecule has 2 amide bonds. The molecule has 1 N–H and O–H groups in total. The number of carbonyl (C=O) groups excluding carboxylic acids is 2. The van der Waals surface area contributed by atoms with Crippen LogP contribution in [0.3, 0.4) is 0 Å². The van der Waals surface area contributed by atoms with E-state index >= 15 is 0 Å². The van der Waals surface area contributed by atoms with Crippen LogP contribution in [0.15, 0.2) is 72.8 Å². The van der Waals surface area contributed by atoms with E-state index in [1.807, 2.05) is 68.4 Å². The fourth-order valence-corrected chi connectivity index (χ4v) is 5.42. The first-order valence-electron chi connectivity index (χ1n) is 13.1. The summed E-state index contributed by atoms with van der Waals surface area (Å²) in [7, 11) is -3.84. The van der Waals surface area contributed by atoms with Crippen LogP contribution in [0.1, 0.15) is 36.5 Å². The highest BCUT2D eigenvalue weighted by Gasteiger charge is 2.30. The van der Waals surface area contributed by atoms with Crippen LogP contribution < -0.4 is 9.62 Å². The average molecular weight is 572 g/mol. The molecule has 7 nitrogen and oxygen atoms in total. The highest BCUT2D eigenvalue weighted by molar-refractivity contribution is 7.92. The lowest BCUT2D eigenvalue weighted by Crippen LogP contribution is -2.50. The van der Waals surface area contributed by atoms with Gasteiger partial charge in [0.1, 0.15) is 6.04 Å². The Kier molecular flexibility index (Phi) is 10.8. The van der Waals surface area contributed by atoms with E-state index in [9.17, 15) is 26.8 Å². The van der Waals surface area contributed by atoms with Crippen molar-refractivity contribution in [2.24, 2.45) is 0 Å². The molecule has 0 saturated carbocycles. The Bertz CT molecular complexity index is 1420. The minimum atomic E-state index is -3.84. The highest BCUT2D eigenvalue weighted by Crippen LogP contribution is 2.22. The summed E-state index contributed by atoms with van der Waals surface area (Å²) in [4.78, 5) is 28.5. The van der Waals surface area contributed by atoms with Crippen LogP contribution in [0.5, 0.6) is 0 Å². The maximum atomic E-state index is 13.8. The van der Waals surface area contributed by atoms with Crippen LogP contribution in [-0.4, -0.2) is 50.5 Å². The molecule has 3 rings (SSSR count). The zero-order chi connectivity index (χ0) is 29.3. The van der Waals surface area contributed by atoms with Crippen molar-refractivity contribution in [2.45, 2.75) is 45.7 Å². The van der Waals surface area contributed by atoms with Crippen molar-refractivity contribution in [3.8, 4) is 0 Å². The van der Waals surface area contributed by atoms with Crippen LogP contribution in [0, 0.1) is 18.6 Å². The topological polar surface area (TPSA) is 86.8 Å². The third-order valence-electron chi connectivity index (χ3n) is 6.57. The molecule has 0 bridgehead atoms. The molecule has 10 heteroatoms. The fourth-order valence-electron chi connectivity index (χ4n) is 4.46. The van der Waals surface area contributed by atoms with Gasteiger partial charge in [-0.15, -0.1) is 0 Å². The summed E-state index contributed by atoms with van der Waals surface area (Å²) in [5.74, 6) is -2.87. The van der Waals surface area contributed by atoms with Gasteiger partial charge in [0.25, 0.3) is 0 Å². The van der Waals surface area contributed by atoms with E-state index in [0.29, 0.717) is 13.0 Å². The molecule has 0 spiro atoms. The van der Waals surface area contributed by atoms with E-state index in [-0.39, 0.29) is 43.4 Å². The summed E-state index contributed by atoms with van der Waals surface area (Å²) in [6, 6.07) is 19.1. The first-order valence-corrected chi connectivity index (χ1v) is 14.9. The van der Waals surface area contributed by atoms with Crippen molar-refractivity contribution in [1.29, 1.82) is 0 Å². The van der Waals surface area contributed by atoms with E-state index in [2.05, 4.69) is 5.32 Å². The Morgan fingerprint density at radius 2 is 1.62 bits per heavy atom. The molecule has 0 unspecified atom stereocenters. The van der Waals surface area contributed by atoms with Gasteiger partial charge in [-0.25, -0.2) is 17.2 Å². The number of anilines is 1. The lowest BCUT2D eigenvalue weighted by molar-refractivity contribution is -0.141. The number of nitrogens with zero attached hydrogens (tertiary/aromatic N) is 2. The van der Waals surface area contributed by atoms with Crippen LogP contribution in [0.2, 0.25) is 0 Å². The number of carbonyl (C=O) groups is 2. The van der Waals surface area contributed by atoms with E-state index in [0.717, 1.165) is 39.4 Å². The van der Waals surface area contributed by atoms with Crippen LogP contribution >= 0.6 is 0 Å². The van der Waals surface area contributed by atoms with Gasteiger partial charge < -0.3 is 10.2 Å². The molecule has 3 aromatic carbocycles. The number of nitrogens with one attached hydrogen (secondary N) is 1.